The van der Waals surface area contributed by atoms with Gasteiger partial charge in [0.1, 0.15) is 5.82 Å². The van der Waals surface area contributed by atoms with Gasteiger partial charge in [-0.3, -0.25) is 4.79 Å². The zero-order valence-corrected chi connectivity index (χ0v) is 11.9. The molecule has 1 amide bonds. The molecule has 2 aromatic rings. The largest absolute Gasteiger partial charge is 0.385 e. The highest BCUT2D eigenvalue weighted by atomic mass is 19.1. The number of nitrogens with one attached hydrogen (secondary N) is 2. The molecule has 0 saturated heterocycles. The summed E-state index contributed by atoms with van der Waals surface area (Å²) >= 11 is 0. The van der Waals surface area contributed by atoms with Crippen LogP contribution < -0.4 is 10.6 Å². The predicted octanol–water partition coefficient (Wildman–Crippen LogP) is 3.74. The standard InChI is InChI=1S/C17H17FN2O/c1-11-7-8-12(14(18)10-11)17(21)20-16-6-2-5-15-13(16)4-3-9-19-15/h2,5-8,10,19H,3-4,9H2,1H3,(H,20,21). The van der Waals surface area contributed by atoms with Crippen LogP contribution in [0.25, 0.3) is 0 Å². The molecule has 1 aliphatic rings. The zero-order valence-electron chi connectivity index (χ0n) is 11.9. The van der Waals surface area contributed by atoms with E-state index in [0.29, 0.717) is 0 Å². The van der Waals surface area contributed by atoms with Gasteiger partial charge in [-0.25, -0.2) is 4.39 Å². The van der Waals surface area contributed by atoms with E-state index < -0.39 is 11.7 Å². The van der Waals surface area contributed by atoms with Crippen molar-refractivity contribution in [3.8, 4) is 0 Å². The molecule has 108 valence electrons. The number of aryl methyl sites for hydroxylation is 1. The number of benzene rings is 2. The molecule has 0 aliphatic carbocycles. The van der Waals surface area contributed by atoms with Crippen LogP contribution in [0, 0.1) is 12.7 Å². The van der Waals surface area contributed by atoms with Crippen molar-refractivity contribution in [2.45, 2.75) is 19.8 Å². The van der Waals surface area contributed by atoms with E-state index in [2.05, 4.69) is 10.6 Å². The Bertz CT molecular complexity index is 697. The van der Waals surface area contributed by atoms with Crippen molar-refractivity contribution in [3.63, 3.8) is 0 Å². The summed E-state index contributed by atoms with van der Waals surface area (Å²) in [5.41, 5.74) is 3.75. The summed E-state index contributed by atoms with van der Waals surface area (Å²) in [5, 5.41) is 6.14. The lowest BCUT2D eigenvalue weighted by atomic mass is 10.0. The summed E-state index contributed by atoms with van der Waals surface area (Å²) in [6.45, 7) is 2.74. The van der Waals surface area contributed by atoms with Crippen LogP contribution in [0.15, 0.2) is 36.4 Å². The average molecular weight is 284 g/mol. The van der Waals surface area contributed by atoms with Crippen LogP contribution in [-0.4, -0.2) is 12.5 Å². The molecule has 2 N–H and O–H groups in total. The Hall–Kier alpha value is -2.36. The molecule has 0 aromatic heterocycles. The molecule has 1 heterocycles. The Morgan fingerprint density at radius 1 is 1.29 bits per heavy atom. The molecule has 0 radical (unpaired) electrons. The molecule has 0 saturated carbocycles. The fraction of sp³-hybridized carbons (Fsp3) is 0.235. The molecule has 21 heavy (non-hydrogen) atoms. The highest BCUT2D eigenvalue weighted by Crippen LogP contribution is 2.29. The molecular formula is C17H17FN2O. The molecule has 0 spiro atoms. The van der Waals surface area contributed by atoms with Gasteiger partial charge in [0, 0.05) is 17.9 Å². The number of fused-ring (bicyclic) bond motifs is 1. The van der Waals surface area contributed by atoms with Crippen LogP contribution in [0.4, 0.5) is 15.8 Å². The summed E-state index contributed by atoms with van der Waals surface area (Å²) in [4.78, 5) is 12.3. The first-order valence-corrected chi connectivity index (χ1v) is 7.08. The van der Waals surface area contributed by atoms with Gasteiger partial charge in [0.2, 0.25) is 0 Å². The summed E-state index contributed by atoms with van der Waals surface area (Å²) < 4.78 is 13.9. The second-order valence-electron chi connectivity index (χ2n) is 5.30. The number of halogens is 1. The van der Waals surface area contributed by atoms with E-state index in [9.17, 15) is 9.18 Å². The Morgan fingerprint density at radius 3 is 2.95 bits per heavy atom. The Balaban J connectivity index is 1.88. The van der Waals surface area contributed by atoms with E-state index in [1.807, 2.05) is 18.2 Å². The van der Waals surface area contributed by atoms with Crippen LogP contribution in [0.1, 0.15) is 27.9 Å². The highest BCUT2D eigenvalue weighted by Gasteiger charge is 2.16. The molecule has 0 unspecified atom stereocenters. The third-order valence-corrected chi connectivity index (χ3v) is 3.71. The SMILES string of the molecule is Cc1ccc(C(=O)Nc2cccc3c2CCCN3)c(F)c1. The lowest BCUT2D eigenvalue weighted by Crippen LogP contribution is -2.18. The van der Waals surface area contributed by atoms with Gasteiger partial charge < -0.3 is 10.6 Å². The van der Waals surface area contributed by atoms with Crippen LogP contribution >= 0.6 is 0 Å². The van der Waals surface area contributed by atoms with Gasteiger partial charge in [0.25, 0.3) is 5.91 Å². The fourth-order valence-electron chi connectivity index (χ4n) is 2.62. The fourth-order valence-corrected chi connectivity index (χ4v) is 2.62. The Kier molecular flexibility index (Phi) is 3.60. The third-order valence-electron chi connectivity index (χ3n) is 3.71. The maximum atomic E-state index is 13.9. The highest BCUT2D eigenvalue weighted by molar-refractivity contribution is 6.05. The van der Waals surface area contributed by atoms with Crippen LogP contribution in [0.3, 0.4) is 0 Å². The quantitative estimate of drug-likeness (QED) is 0.882. The molecular weight excluding hydrogens is 267 g/mol. The summed E-state index contributed by atoms with van der Waals surface area (Å²) in [5.74, 6) is -0.901. The lowest BCUT2D eigenvalue weighted by molar-refractivity contribution is 0.102. The minimum absolute atomic E-state index is 0.0713. The Labute approximate surface area is 123 Å². The number of carbonyl (C=O) groups excluding carboxylic acids is 1. The normalized spacial score (nSPS) is 13.2. The first-order chi connectivity index (χ1) is 10.1. The molecule has 0 fully saturated rings. The zero-order chi connectivity index (χ0) is 14.8. The van der Waals surface area contributed by atoms with Crippen molar-refractivity contribution in [1.29, 1.82) is 0 Å². The maximum absolute atomic E-state index is 13.9. The molecule has 2 aromatic carbocycles. The van der Waals surface area contributed by atoms with E-state index in [1.54, 1.807) is 13.0 Å². The van der Waals surface area contributed by atoms with Gasteiger partial charge in [-0.15, -0.1) is 0 Å². The van der Waals surface area contributed by atoms with E-state index in [-0.39, 0.29) is 5.56 Å². The van der Waals surface area contributed by atoms with Gasteiger partial charge in [-0.05, 0) is 55.2 Å². The number of hydrogen-bond acceptors (Lipinski definition) is 2. The van der Waals surface area contributed by atoms with Crippen molar-refractivity contribution >= 4 is 17.3 Å². The van der Waals surface area contributed by atoms with Gasteiger partial charge in [-0.2, -0.15) is 0 Å². The minimum Gasteiger partial charge on any atom is -0.385 e. The smallest absolute Gasteiger partial charge is 0.258 e. The molecule has 0 atom stereocenters. The second kappa shape index (κ2) is 5.56. The second-order valence-corrected chi connectivity index (χ2v) is 5.30. The average Bonchev–Trinajstić information content (AvgIpc) is 2.47. The molecule has 1 aliphatic heterocycles. The van der Waals surface area contributed by atoms with Crippen LogP contribution in [0.5, 0.6) is 0 Å². The third kappa shape index (κ3) is 2.75. The first-order valence-electron chi connectivity index (χ1n) is 7.08. The maximum Gasteiger partial charge on any atom is 0.258 e. The summed E-state index contributed by atoms with van der Waals surface area (Å²) in [7, 11) is 0. The van der Waals surface area contributed by atoms with Crippen LogP contribution in [0.2, 0.25) is 0 Å². The minimum atomic E-state index is -0.490. The van der Waals surface area contributed by atoms with E-state index >= 15 is 0 Å². The van der Waals surface area contributed by atoms with Crippen molar-refractivity contribution in [1.82, 2.24) is 0 Å². The number of rotatable bonds is 2. The number of anilines is 2. The topological polar surface area (TPSA) is 41.1 Å². The van der Waals surface area contributed by atoms with E-state index in [4.69, 9.17) is 0 Å². The summed E-state index contributed by atoms with van der Waals surface area (Å²) in [6, 6.07) is 10.4. The van der Waals surface area contributed by atoms with Gasteiger partial charge in [-0.1, -0.05) is 12.1 Å². The Morgan fingerprint density at radius 2 is 2.14 bits per heavy atom. The van der Waals surface area contributed by atoms with E-state index in [0.717, 1.165) is 41.9 Å². The van der Waals surface area contributed by atoms with Crippen molar-refractivity contribution in [3.05, 3.63) is 58.9 Å². The molecule has 4 heteroatoms. The van der Waals surface area contributed by atoms with Gasteiger partial charge >= 0.3 is 0 Å². The number of carbonyl (C=O) groups is 1. The monoisotopic (exact) mass is 284 g/mol. The van der Waals surface area contributed by atoms with Crippen molar-refractivity contribution < 1.29 is 9.18 Å². The van der Waals surface area contributed by atoms with Crippen LogP contribution in [-0.2, 0) is 6.42 Å². The van der Waals surface area contributed by atoms with E-state index in [1.165, 1.54) is 12.1 Å². The number of amides is 1. The van der Waals surface area contributed by atoms with Crippen molar-refractivity contribution in [2.24, 2.45) is 0 Å². The van der Waals surface area contributed by atoms with Gasteiger partial charge in [0.15, 0.2) is 0 Å². The van der Waals surface area contributed by atoms with Crippen molar-refractivity contribution in [2.75, 3.05) is 17.2 Å². The summed E-state index contributed by atoms with van der Waals surface area (Å²) in [6.07, 6.45) is 1.94. The predicted molar refractivity (Wildman–Crippen MR) is 82.3 cm³/mol. The molecule has 0 bridgehead atoms. The van der Waals surface area contributed by atoms with Gasteiger partial charge in [0.05, 0.1) is 5.56 Å². The number of hydrogen-bond donors (Lipinski definition) is 2. The lowest BCUT2D eigenvalue weighted by Gasteiger charge is -2.21. The first kappa shape index (κ1) is 13.6. The molecule has 3 rings (SSSR count). The molecule has 3 nitrogen and oxygen atoms in total.